The third-order valence-corrected chi connectivity index (χ3v) is 11.9. The summed E-state index contributed by atoms with van der Waals surface area (Å²) in [7, 11) is 0. The first-order valence-corrected chi connectivity index (χ1v) is 20.1. The summed E-state index contributed by atoms with van der Waals surface area (Å²) in [5, 5.41) is 9.12. The first-order chi connectivity index (χ1) is 29.3. The summed E-state index contributed by atoms with van der Waals surface area (Å²) in [5.74, 6) is 0. The number of rotatable bonds is 6. The predicted octanol–water partition coefficient (Wildman–Crippen LogP) is 16.3. The van der Waals surface area contributed by atoms with E-state index in [9.17, 15) is 0 Å². The van der Waals surface area contributed by atoms with Gasteiger partial charge in [-0.25, -0.2) is 0 Å². The lowest BCUT2D eigenvalue weighted by Crippen LogP contribution is -2.11. The molecule has 0 radical (unpaired) electrons. The van der Waals surface area contributed by atoms with Crippen LogP contribution in [0.4, 0.5) is 17.1 Å². The molecule has 0 atom stereocenters. The standard InChI is InChI=1S/C56H35NO2/c1-2-13-36(14-3-1)37-25-27-38(28-26-37)39-29-31-41(32-30-39)57(49-21-12-24-53-54(49)46-19-8-10-22-51(46)58-53)50-34-33-45(56-55(50)47-20-9-11-23-52(47)59-56)48-35-40-15-4-5-16-42(40)43-17-6-7-18-44(43)48/h1-35H. The van der Waals surface area contributed by atoms with E-state index in [1.165, 1.54) is 38.2 Å². The number of nitrogens with zero attached hydrogens (tertiary/aromatic N) is 1. The number of hydrogen-bond acceptors (Lipinski definition) is 3. The van der Waals surface area contributed by atoms with E-state index in [-0.39, 0.29) is 0 Å². The number of anilines is 3. The summed E-state index contributed by atoms with van der Waals surface area (Å²) >= 11 is 0. The highest BCUT2D eigenvalue weighted by atomic mass is 16.3. The lowest BCUT2D eigenvalue weighted by Gasteiger charge is -2.27. The number of furan rings is 2. The second-order valence-electron chi connectivity index (χ2n) is 15.2. The minimum Gasteiger partial charge on any atom is -0.456 e. The predicted molar refractivity (Wildman–Crippen MR) is 247 cm³/mol. The molecule has 276 valence electrons. The molecule has 2 aromatic heterocycles. The molecular weight excluding hydrogens is 719 g/mol. The van der Waals surface area contributed by atoms with Gasteiger partial charge in [0.2, 0.25) is 0 Å². The van der Waals surface area contributed by atoms with Crippen LogP contribution in [0.3, 0.4) is 0 Å². The van der Waals surface area contributed by atoms with Crippen LogP contribution in [0.5, 0.6) is 0 Å². The molecule has 0 unspecified atom stereocenters. The number of para-hydroxylation sites is 2. The Morgan fingerprint density at radius 2 is 0.831 bits per heavy atom. The Morgan fingerprint density at radius 3 is 1.56 bits per heavy atom. The molecule has 0 amide bonds. The van der Waals surface area contributed by atoms with Crippen molar-refractivity contribution in [3.05, 3.63) is 212 Å². The van der Waals surface area contributed by atoms with Crippen molar-refractivity contribution in [3.63, 3.8) is 0 Å². The fourth-order valence-corrected chi connectivity index (χ4v) is 9.13. The minimum absolute atomic E-state index is 0.844. The van der Waals surface area contributed by atoms with Crippen molar-refractivity contribution in [1.29, 1.82) is 0 Å². The van der Waals surface area contributed by atoms with Crippen LogP contribution in [0.2, 0.25) is 0 Å². The fraction of sp³-hybridized carbons (Fsp3) is 0. The van der Waals surface area contributed by atoms with Gasteiger partial charge in [-0.05, 0) is 104 Å². The molecule has 0 aliphatic rings. The van der Waals surface area contributed by atoms with Crippen molar-refractivity contribution in [3.8, 4) is 33.4 Å². The molecule has 12 rings (SSSR count). The highest BCUT2D eigenvalue weighted by molar-refractivity contribution is 6.22. The molecule has 3 heteroatoms. The fourth-order valence-electron chi connectivity index (χ4n) is 9.13. The second kappa shape index (κ2) is 13.4. The smallest absolute Gasteiger partial charge is 0.145 e. The molecule has 10 aromatic carbocycles. The molecule has 0 aliphatic carbocycles. The van der Waals surface area contributed by atoms with Crippen LogP contribution in [0.15, 0.2) is 221 Å². The largest absolute Gasteiger partial charge is 0.456 e. The molecule has 3 nitrogen and oxygen atoms in total. The van der Waals surface area contributed by atoms with E-state index >= 15 is 0 Å². The van der Waals surface area contributed by atoms with E-state index < -0.39 is 0 Å². The topological polar surface area (TPSA) is 29.5 Å². The van der Waals surface area contributed by atoms with E-state index in [0.717, 1.165) is 77.6 Å². The zero-order valence-electron chi connectivity index (χ0n) is 32.0. The van der Waals surface area contributed by atoms with Crippen LogP contribution in [0.25, 0.3) is 98.8 Å². The van der Waals surface area contributed by atoms with Crippen molar-refractivity contribution >= 4 is 82.5 Å². The molecule has 12 aromatic rings. The Morgan fingerprint density at radius 1 is 0.305 bits per heavy atom. The van der Waals surface area contributed by atoms with Crippen molar-refractivity contribution in [2.45, 2.75) is 0 Å². The van der Waals surface area contributed by atoms with E-state index in [1.54, 1.807) is 0 Å². The molecule has 0 spiro atoms. The van der Waals surface area contributed by atoms with Gasteiger partial charge in [0.1, 0.15) is 22.3 Å². The average Bonchev–Trinajstić information content (AvgIpc) is 3.89. The maximum absolute atomic E-state index is 6.98. The molecule has 0 fully saturated rings. The van der Waals surface area contributed by atoms with Crippen LogP contribution in [-0.2, 0) is 0 Å². The van der Waals surface area contributed by atoms with Gasteiger partial charge in [0.15, 0.2) is 0 Å². The molecule has 2 heterocycles. The molecule has 59 heavy (non-hydrogen) atoms. The quantitative estimate of drug-likeness (QED) is 0.158. The average molecular weight is 754 g/mol. The molecular formula is C56H35NO2. The first-order valence-electron chi connectivity index (χ1n) is 20.1. The van der Waals surface area contributed by atoms with Crippen molar-refractivity contribution in [1.82, 2.24) is 0 Å². The Hall–Kier alpha value is -7.88. The Labute approximate surface area is 340 Å². The van der Waals surface area contributed by atoms with Crippen molar-refractivity contribution in [2.24, 2.45) is 0 Å². The summed E-state index contributed by atoms with van der Waals surface area (Å²) in [6.07, 6.45) is 0. The summed E-state index contributed by atoms with van der Waals surface area (Å²) < 4.78 is 13.5. The molecule has 0 bridgehead atoms. The molecule has 0 aliphatic heterocycles. The van der Waals surface area contributed by atoms with Gasteiger partial charge in [0.25, 0.3) is 0 Å². The van der Waals surface area contributed by atoms with Crippen LogP contribution < -0.4 is 4.90 Å². The SMILES string of the molecule is c1ccc(-c2ccc(-c3ccc(N(c4cccc5oc6ccccc6c45)c4ccc(-c5cc6ccccc6c6ccccc56)c5oc6ccccc6c45)cc3)cc2)cc1. The van der Waals surface area contributed by atoms with Crippen LogP contribution >= 0.6 is 0 Å². The lowest BCUT2D eigenvalue weighted by atomic mass is 9.92. The summed E-state index contributed by atoms with van der Waals surface area (Å²) in [4.78, 5) is 2.39. The number of hydrogen-bond donors (Lipinski definition) is 0. The maximum Gasteiger partial charge on any atom is 0.145 e. The Kier molecular flexibility index (Phi) is 7.54. The molecule has 0 saturated carbocycles. The third-order valence-electron chi connectivity index (χ3n) is 11.9. The molecule has 0 saturated heterocycles. The maximum atomic E-state index is 6.98. The summed E-state index contributed by atoms with van der Waals surface area (Å²) in [5.41, 5.74) is 13.4. The second-order valence-corrected chi connectivity index (χ2v) is 15.2. The normalized spacial score (nSPS) is 11.7. The van der Waals surface area contributed by atoms with Gasteiger partial charge >= 0.3 is 0 Å². The van der Waals surface area contributed by atoms with Crippen LogP contribution in [0, 0.1) is 0 Å². The van der Waals surface area contributed by atoms with Gasteiger partial charge < -0.3 is 13.7 Å². The van der Waals surface area contributed by atoms with Gasteiger partial charge in [-0.2, -0.15) is 0 Å². The van der Waals surface area contributed by atoms with Gasteiger partial charge in [-0.15, -0.1) is 0 Å². The zero-order chi connectivity index (χ0) is 38.9. The van der Waals surface area contributed by atoms with E-state index in [1.807, 2.05) is 12.1 Å². The summed E-state index contributed by atoms with van der Waals surface area (Å²) in [6.45, 7) is 0. The van der Waals surface area contributed by atoms with Gasteiger partial charge in [0, 0.05) is 22.0 Å². The van der Waals surface area contributed by atoms with Crippen LogP contribution in [-0.4, -0.2) is 0 Å². The summed E-state index contributed by atoms with van der Waals surface area (Å²) in [6, 6.07) is 75.6. The third kappa shape index (κ3) is 5.36. The van der Waals surface area contributed by atoms with Crippen molar-refractivity contribution < 1.29 is 8.83 Å². The molecule has 0 N–H and O–H groups in total. The first kappa shape index (κ1) is 33.3. The van der Waals surface area contributed by atoms with Crippen molar-refractivity contribution in [2.75, 3.05) is 4.90 Å². The highest BCUT2D eigenvalue weighted by Crippen LogP contribution is 2.50. The monoisotopic (exact) mass is 753 g/mol. The van der Waals surface area contributed by atoms with Gasteiger partial charge in [0.05, 0.1) is 22.1 Å². The highest BCUT2D eigenvalue weighted by Gasteiger charge is 2.25. The minimum atomic E-state index is 0.844. The van der Waals surface area contributed by atoms with E-state index in [2.05, 4.69) is 205 Å². The van der Waals surface area contributed by atoms with E-state index in [0.29, 0.717) is 0 Å². The Balaban J connectivity index is 1.10. The Bertz CT molecular complexity index is 3540. The van der Waals surface area contributed by atoms with Gasteiger partial charge in [-0.1, -0.05) is 158 Å². The lowest BCUT2D eigenvalue weighted by molar-refractivity contribution is 0.669. The van der Waals surface area contributed by atoms with Crippen LogP contribution in [0.1, 0.15) is 0 Å². The van der Waals surface area contributed by atoms with E-state index in [4.69, 9.17) is 8.83 Å². The van der Waals surface area contributed by atoms with Gasteiger partial charge in [-0.3, -0.25) is 0 Å². The number of benzene rings is 10. The number of fused-ring (bicyclic) bond motifs is 9. The zero-order valence-corrected chi connectivity index (χ0v) is 32.0.